The van der Waals surface area contributed by atoms with Gasteiger partial charge >= 0.3 is 5.97 Å². The molecular weight excluding hydrogens is 172 g/mol. The number of esters is 1. The minimum Gasteiger partial charge on any atom is -0.466 e. The standard InChI is InChI=1S/C9H18O2S/c1-4-9(12,5-2)7-8(10)11-6-3/h12H,4-7H2,1-3H3. The molecule has 0 rings (SSSR count). The Morgan fingerprint density at radius 3 is 2.17 bits per heavy atom. The number of carbonyl (C=O) groups is 1. The summed E-state index contributed by atoms with van der Waals surface area (Å²) >= 11 is 4.45. The van der Waals surface area contributed by atoms with Crippen LogP contribution in [0.5, 0.6) is 0 Å². The van der Waals surface area contributed by atoms with E-state index in [9.17, 15) is 4.79 Å². The van der Waals surface area contributed by atoms with E-state index in [1.54, 1.807) is 0 Å². The number of thiol groups is 1. The highest BCUT2D eigenvalue weighted by atomic mass is 32.1. The largest absolute Gasteiger partial charge is 0.466 e. The van der Waals surface area contributed by atoms with Gasteiger partial charge in [-0.2, -0.15) is 12.6 Å². The maximum Gasteiger partial charge on any atom is 0.307 e. The van der Waals surface area contributed by atoms with E-state index in [1.807, 2.05) is 20.8 Å². The summed E-state index contributed by atoms with van der Waals surface area (Å²) in [6, 6.07) is 0. The Morgan fingerprint density at radius 1 is 1.33 bits per heavy atom. The third-order valence-electron chi connectivity index (χ3n) is 2.09. The highest BCUT2D eigenvalue weighted by molar-refractivity contribution is 7.81. The van der Waals surface area contributed by atoms with Gasteiger partial charge in [-0.05, 0) is 19.8 Å². The van der Waals surface area contributed by atoms with Crippen LogP contribution >= 0.6 is 12.6 Å². The molecule has 3 heteroatoms. The fourth-order valence-corrected chi connectivity index (χ4v) is 1.11. The quantitative estimate of drug-likeness (QED) is 0.532. The lowest BCUT2D eigenvalue weighted by Gasteiger charge is -2.23. The van der Waals surface area contributed by atoms with Crippen LogP contribution in [0.2, 0.25) is 0 Å². The van der Waals surface area contributed by atoms with Gasteiger partial charge in [0.15, 0.2) is 0 Å². The van der Waals surface area contributed by atoms with Crippen LogP contribution in [0.4, 0.5) is 0 Å². The van der Waals surface area contributed by atoms with Crippen molar-refractivity contribution in [1.82, 2.24) is 0 Å². The molecular formula is C9H18O2S. The summed E-state index contributed by atoms with van der Waals surface area (Å²) < 4.78 is 4.68. The zero-order valence-corrected chi connectivity index (χ0v) is 8.99. The average Bonchev–Trinajstić information content (AvgIpc) is 2.05. The van der Waals surface area contributed by atoms with E-state index in [2.05, 4.69) is 12.6 Å². The molecule has 0 aliphatic rings. The van der Waals surface area contributed by atoms with Crippen molar-refractivity contribution < 1.29 is 9.53 Å². The predicted octanol–water partition coefficient (Wildman–Crippen LogP) is 2.43. The third-order valence-corrected chi connectivity index (χ3v) is 2.89. The number of carbonyl (C=O) groups excluding carboxylic acids is 1. The molecule has 0 aromatic rings. The van der Waals surface area contributed by atoms with Crippen LogP contribution in [0.3, 0.4) is 0 Å². The van der Waals surface area contributed by atoms with Crippen molar-refractivity contribution in [3.05, 3.63) is 0 Å². The maximum atomic E-state index is 11.1. The zero-order chi connectivity index (χ0) is 9.61. The minimum atomic E-state index is -0.174. The molecule has 0 heterocycles. The van der Waals surface area contributed by atoms with Gasteiger partial charge in [-0.15, -0.1) is 0 Å². The Morgan fingerprint density at radius 2 is 1.83 bits per heavy atom. The molecule has 0 spiro atoms. The first-order valence-electron chi connectivity index (χ1n) is 4.46. The lowest BCUT2D eigenvalue weighted by atomic mass is 9.98. The van der Waals surface area contributed by atoms with E-state index < -0.39 is 0 Å². The van der Waals surface area contributed by atoms with E-state index in [0.29, 0.717) is 13.0 Å². The van der Waals surface area contributed by atoms with E-state index >= 15 is 0 Å². The Kier molecular flexibility index (Phi) is 5.38. The Bertz CT molecular complexity index is 141. The maximum absolute atomic E-state index is 11.1. The van der Waals surface area contributed by atoms with Crippen molar-refractivity contribution in [3.63, 3.8) is 0 Å². The first-order valence-corrected chi connectivity index (χ1v) is 4.90. The van der Waals surface area contributed by atoms with Crippen molar-refractivity contribution in [1.29, 1.82) is 0 Å². The predicted molar refractivity (Wildman–Crippen MR) is 53.5 cm³/mol. The normalized spacial score (nSPS) is 11.3. The molecule has 0 aliphatic carbocycles. The van der Waals surface area contributed by atoms with Gasteiger partial charge in [0, 0.05) is 4.75 Å². The monoisotopic (exact) mass is 190 g/mol. The summed E-state index contributed by atoms with van der Waals surface area (Å²) in [5, 5.41) is 0. The molecule has 0 aliphatic heterocycles. The van der Waals surface area contributed by atoms with Crippen molar-refractivity contribution in [3.8, 4) is 0 Å². The van der Waals surface area contributed by atoms with Crippen molar-refractivity contribution in [2.75, 3.05) is 6.61 Å². The van der Waals surface area contributed by atoms with Gasteiger partial charge in [0.1, 0.15) is 0 Å². The lowest BCUT2D eigenvalue weighted by molar-refractivity contribution is -0.143. The molecule has 12 heavy (non-hydrogen) atoms. The number of hydrogen-bond acceptors (Lipinski definition) is 3. The van der Waals surface area contributed by atoms with Crippen molar-refractivity contribution in [2.24, 2.45) is 0 Å². The van der Waals surface area contributed by atoms with Crippen LogP contribution in [0.15, 0.2) is 0 Å². The number of ether oxygens (including phenoxy) is 1. The molecule has 72 valence electrons. The molecule has 2 nitrogen and oxygen atoms in total. The second-order valence-corrected chi connectivity index (χ2v) is 3.86. The average molecular weight is 190 g/mol. The Labute approximate surface area is 80.1 Å². The van der Waals surface area contributed by atoms with E-state index in [-0.39, 0.29) is 10.7 Å². The van der Waals surface area contributed by atoms with E-state index in [1.165, 1.54) is 0 Å². The second-order valence-electron chi connectivity index (χ2n) is 2.91. The highest BCUT2D eigenvalue weighted by Gasteiger charge is 2.25. The molecule has 0 amide bonds. The Balaban J connectivity index is 3.93. The molecule has 0 radical (unpaired) electrons. The van der Waals surface area contributed by atoms with Crippen LogP contribution in [0, 0.1) is 0 Å². The smallest absolute Gasteiger partial charge is 0.307 e. The van der Waals surface area contributed by atoms with Crippen LogP contribution in [0.1, 0.15) is 40.0 Å². The molecule has 0 N–H and O–H groups in total. The van der Waals surface area contributed by atoms with Gasteiger partial charge in [0.05, 0.1) is 13.0 Å². The summed E-state index contributed by atoms with van der Waals surface area (Å²) in [5.41, 5.74) is 0. The molecule has 0 saturated carbocycles. The summed E-state index contributed by atoms with van der Waals surface area (Å²) in [5.74, 6) is -0.142. The molecule has 0 fully saturated rings. The molecule has 0 aromatic carbocycles. The fourth-order valence-electron chi connectivity index (χ4n) is 0.981. The summed E-state index contributed by atoms with van der Waals surface area (Å²) in [7, 11) is 0. The van der Waals surface area contributed by atoms with Gasteiger partial charge in [0.25, 0.3) is 0 Å². The van der Waals surface area contributed by atoms with Crippen LogP contribution in [-0.2, 0) is 9.53 Å². The van der Waals surface area contributed by atoms with Gasteiger partial charge < -0.3 is 4.74 Å². The molecule has 0 bridgehead atoms. The second kappa shape index (κ2) is 5.46. The Hall–Kier alpha value is -0.180. The summed E-state index contributed by atoms with van der Waals surface area (Å²) in [6.07, 6.45) is 2.20. The lowest BCUT2D eigenvalue weighted by Crippen LogP contribution is -2.24. The van der Waals surface area contributed by atoms with E-state index in [4.69, 9.17) is 4.74 Å². The molecule has 0 unspecified atom stereocenters. The van der Waals surface area contributed by atoms with Gasteiger partial charge in [-0.1, -0.05) is 13.8 Å². The fraction of sp³-hybridized carbons (Fsp3) is 0.889. The van der Waals surface area contributed by atoms with Gasteiger partial charge in [-0.25, -0.2) is 0 Å². The minimum absolute atomic E-state index is 0.142. The van der Waals surface area contributed by atoms with Gasteiger partial charge in [-0.3, -0.25) is 4.79 Å². The van der Waals surface area contributed by atoms with Crippen molar-refractivity contribution >= 4 is 18.6 Å². The first-order chi connectivity index (χ1) is 5.58. The van der Waals surface area contributed by atoms with Crippen LogP contribution < -0.4 is 0 Å². The zero-order valence-electron chi connectivity index (χ0n) is 8.09. The van der Waals surface area contributed by atoms with Crippen LogP contribution in [-0.4, -0.2) is 17.3 Å². The van der Waals surface area contributed by atoms with Crippen molar-refractivity contribution in [2.45, 2.75) is 44.8 Å². The van der Waals surface area contributed by atoms with E-state index in [0.717, 1.165) is 12.8 Å². The third kappa shape index (κ3) is 4.00. The molecule has 0 saturated heterocycles. The topological polar surface area (TPSA) is 26.3 Å². The molecule has 0 aromatic heterocycles. The van der Waals surface area contributed by atoms with Crippen LogP contribution in [0.25, 0.3) is 0 Å². The number of rotatable bonds is 5. The highest BCUT2D eigenvalue weighted by Crippen LogP contribution is 2.27. The van der Waals surface area contributed by atoms with Gasteiger partial charge in [0.2, 0.25) is 0 Å². The number of hydrogen-bond donors (Lipinski definition) is 1. The summed E-state index contributed by atoms with van der Waals surface area (Å²) in [4.78, 5) is 11.1. The summed E-state index contributed by atoms with van der Waals surface area (Å²) in [6.45, 7) is 6.34. The molecule has 0 atom stereocenters. The SMILES string of the molecule is CCOC(=O)CC(S)(CC)CC. The first kappa shape index (κ1) is 11.8.